The molecule has 3 aromatic rings. The molecule has 2 heteroatoms. The fraction of sp³-hybridized carbons (Fsp3) is 0.308. The van der Waals surface area contributed by atoms with E-state index in [1.165, 1.54) is 0 Å². The summed E-state index contributed by atoms with van der Waals surface area (Å²) in [5, 5.41) is 0. The average molecular weight is 387 g/mol. The molecule has 3 rings (SSSR count). The molecule has 0 bridgehead atoms. The van der Waals surface area contributed by atoms with Crippen LogP contribution in [0.1, 0.15) is 42.5 Å². The summed E-state index contributed by atoms with van der Waals surface area (Å²) in [6.45, 7) is 8.00. The molecule has 0 heterocycles. The fourth-order valence-corrected chi connectivity index (χ4v) is 1.50. The van der Waals surface area contributed by atoms with E-state index in [0.29, 0.717) is 0 Å². The Morgan fingerprint density at radius 2 is 0.571 bits per heavy atom. The predicted octanol–water partition coefficient (Wildman–Crippen LogP) is 8.40. The van der Waals surface area contributed by atoms with Gasteiger partial charge in [0.1, 0.15) is 11.5 Å². The zero-order chi connectivity index (χ0) is 19.9. The molecule has 2 nitrogen and oxygen atoms in total. The highest BCUT2D eigenvalue weighted by atomic mass is 16.5. The van der Waals surface area contributed by atoms with E-state index in [1.54, 1.807) is 14.2 Å². The monoisotopic (exact) mass is 386 g/mol. The zero-order valence-electron chi connectivity index (χ0n) is 17.1. The van der Waals surface area contributed by atoms with Gasteiger partial charge in [-0.25, -0.2) is 0 Å². The third-order valence-corrected chi connectivity index (χ3v) is 2.62. The summed E-state index contributed by atoms with van der Waals surface area (Å²) in [5.74, 6) is 1.82. The van der Waals surface area contributed by atoms with E-state index < -0.39 is 0 Å². The Hall–Kier alpha value is -2.74. The predicted molar refractivity (Wildman–Crippen MR) is 129 cm³/mol. The summed E-state index contributed by atoms with van der Waals surface area (Å²) >= 11 is 0. The minimum absolute atomic E-state index is 0. The van der Waals surface area contributed by atoms with Crippen molar-refractivity contribution in [2.45, 2.75) is 42.5 Å². The Labute approximate surface area is 175 Å². The van der Waals surface area contributed by atoms with Gasteiger partial charge in [-0.1, -0.05) is 115 Å². The molecule has 0 aliphatic rings. The van der Waals surface area contributed by atoms with Gasteiger partial charge in [0.2, 0.25) is 0 Å². The maximum atomic E-state index is 4.91. The van der Waals surface area contributed by atoms with Gasteiger partial charge in [0.05, 0.1) is 14.2 Å². The van der Waals surface area contributed by atoms with Crippen LogP contribution in [0.5, 0.6) is 11.5 Å². The van der Waals surface area contributed by atoms with Crippen molar-refractivity contribution < 1.29 is 9.47 Å². The van der Waals surface area contributed by atoms with Crippen LogP contribution in [0, 0.1) is 0 Å². The summed E-state index contributed by atoms with van der Waals surface area (Å²) in [6, 6.07) is 31.4. The van der Waals surface area contributed by atoms with E-state index in [2.05, 4.69) is 0 Å². The van der Waals surface area contributed by atoms with Gasteiger partial charge < -0.3 is 9.47 Å². The van der Waals surface area contributed by atoms with Gasteiger partial charge in [0.15, 0.2) is 0 Å². The standard InChI is InChI=1S/2C7H8O.C6H6.2C2H6.2CH4/c2*1-8-7-5-3-2-4-6-7;1-2-4-6-5-3-1;2*1-2;;/h2*2-6H,1H3;1-6H;2*1-2H3;2*1H4. The van der Waals surface area contributed by atoms with Crippen LogP contribution in [-0.4, -0.2) is 14.2 Å². The number of methoxy groups -OCH3 is 2. The molecule has 3 aromatic carbocycles. The Kier molecular flexibility index (Phi) is 34.1. The number of para-hydroxylation sites is 2. The lowest BCUT2D eigenvalue weighted by atomic mass is 10.3. The Balaban J connectivity index is -0.000000138. The van der Waals surface area contributed by atoms with Crippen molar-refractivity contribution in [3.05, 3.63) is 97.1 Å². The smallest absolute Gasteiger partial charge is 0.118 e. The Morgan fingerprint density at radius 1 is 0.393 bits per heavy atom. The highest BCUT2D eigenvalue weighted by Crippen LogP contribution is 2.06. The van der Waals surface area contributed by atoms with Gasteiger partial charge in [-0.3, -0.25) is 0 Å². The first-order valence-corrected chi connectivity index (χ1v) is 9.05. The third kappa shape index (κ3) is 21.3. The lowest BCUT2D eigenvalue weighted by molar-refractivity contribution is 0.414. The molecule has 0 atom stereocenters. The van der Waals surface area contributed by atoms with Crippen LogP contribution < -0.4 is 9.47 Å². The molecule has 0 spiro atoms. The molecule has 28 heavy (non-hydrogen) atoms. The second-order valence-corrected chi connectivity index (χ2v) is 4.19. The Morgan fingerprint density at radius 3 is 0.714 bits per heavy atom. The van der Waals surface area contributed by atoms with Gasteiger partial charge in [-0.15, -0.1) is 0 Å². The largest absolute Gasteiger partial charge is 0.497 e. The van der Waals surface area contributed by atoms with Crippen LogP contribution in [0.3, 0.4) is 0 Å². The molecule has 0 aliphatic carbocycles. The van der Waals surface area contributed by atoms with Gasteiger partial charge in [-0.05, 0) is 24.3 Å². The Bertz CT molecular complexity index is 500. The van der Waals surface area contributed by atoms with E-state index in [0.717, 1.165) is 11.5 Å². The number of benzene rings is 3. The van der Waals surface area contributed by atoms with Crippen molar-refractivity contribution in [3.63, 3.8) is 0 Å². The first-order valence-electron chi connectivity index (χ1n) is 9.05. The van der Waals surface area contributed by atoms with E-state index in [4.69, 9.17) is 9.47 Å². The molecule has 0 radical (unpaired) electrons. The molecule has 0 aromatic heterocycles. The van der Waals surface area contributed by atoms with Crippen molar-refractivity contribution in [1.82, 2.24) is 0 Å². The molecule has 0 saturated carbocycles. The topological polar surface area (TPSA) is 18.5 Å². The third-order valence-electron chi connectivity index (χ3n) is 2.62. The van der Waals surface area contributed by atoms with Crippen LogP contribution in [-0.2, 0) is 0 Å². The van der Waals surface area contributed by atoms with Crippen molar-refractivity contribution in [3.8, 4) is 11.5 Å². The first kappa shape index (κ1) is 32.9. The molecule has 0 saturated heterocycles. The van der Waals surface area contributed by atoms with Crippen LogP contribution in [0.4, 0.5) is 0 Å². The molecule has 0 N–H and O–H groups in total. The van der Waals surface area contributed by atoms with Gasteiger partial charge >= 0.3 is 0 Å². The summed E-state index contributed by atoms with van der Waals surface area (Å²) in [5.41, 5.74) is 0. The van der Waals surface area contributed by atoms with E-state index in [9.17, 15) is 0 Å². The molecule has 0 aliphatic heterocycles. The van der Waals surface area contributed by atoms with Crippen LogP contribution >= 0.6 is 0 Å². The molecule has 158 valence electrons. The summed E-state index contributed by atoms with van der Waals surface area (Å²) in [6.07, 6.45) is 0. The van der Waals surface area contributed by atoms with Crippen molar-refractivity contribution in [2.24, 2.45) is 0 Å². The van der Waals surface area contributed by atoms with Crippen LogP contribution in [0.15, 0.2) is 97.1 Å². The summed E-state index contributed by atoms with van der Waals surface area (Å²) in [7, 11) is 3.32. The van der Waals surface area contributed by atoms with Crippen molar-refractivity contribution in [1.29, 1.82) is 0 Å². The molecular formula is C26H42O2. The number of ether oxygens (including phenoxy) is 2. The minimum Gasteiger partial charge on any atom is -0.497 e. The fourth-order valence-electron chi connectivity index (χ4n) is 1.50. The van der Waals surface area contributed by atoms with Crippen LogP contribution in [0.25, 0.3) is 0 Å². The highest BCUT2D eigenvalue weighted by Gasteiger charge is 1.80. The molecular weight excluding hydrogens is 344 g/mol. The highest BCUT2D eigenvalue weighted by molar-refractivity contribution is 5.21. The van der Waals surface area contributed by atoms with E-state index in [1.807, 2.05) is 125 Å². The molecule has 0 amide bonds. The maximum Gasteiger partial charge on any atom is 0.118 e. The van der Waals surface area contributed by atoms with Crippen molar-refractivity contribution in [2.75, 3.05) is 14.2 Å². The summed E-state index contributed by atoms with van der Waals surface area (Å²) < 4.78 is 9.83. The minimum atomic E-state index is 0. The number of rotatable bonds is 2. The van der Waals surface area contributed by atoms with Gasteiger partial charge in [-0.2, -0.15) is 0 Å². The molecule has 0 fully saturated rings. The van der Waals surface area contributed by atoms with Gasteiger partial charge in [0.25, 0.3) is 0 Å². The van der Waals surface area contributed by atoms with Crippen LogP contribution in [0.2, 0.25) is 0 Å². The maximum absolute atomic E-state index is 4.91. The zero-order valence-corrected chi connectivity index (χ0v) is 17.1. The summed E-state index contributed by atoms with van der Waals surface area (Å²) in [4.78, 5) is 0. The lowest BCUT2D eigenvalue weighted by Crippen LogP contribution is -1.78. The van der Waals surface area contributed by atoms with Gasteiger partial charge in [0, 0.05) is 0 Å². The first-order chi connectivity index (χ1) is 12.9. The molecule has 0 unspecified atom stereocenters. The SMILES string of the molecule is C.C.CC.CC.COc1ccccc1.COc1ccccc1.c1ccccc1. The quantitative estimate of drug-likeness (QED) is 0.440. The van der Waals surface area contributed by atoms with E-state index >= 15 is 0 Å². The van der Waals surface area contributed by atoms with Crippen molar-refractivity contribution >= 4 is 0 Å². The van der Waals surface area contributed by atoms with E-state index in [-0.39, 0.29) is 14.9 Å². The second-order valence-electron chi connectivity index (χ2n) is 4.19. The lowest BCUT2D eigenvalue weighted by Gasteiger charge is -1.93. The number of hydrogen-bond donors (Lipinski definition) is 0. The second kappa shape index (κ2) is 29.0. The number of hydrogen-bond acceptors (Lipinski definition) is 2. The average Bonchev–Trinajstić information content (AvgIpc) is 2.79. The normalized spacial score (nSPS) is 7.07.